The lowest BCUT2D eigenvalue weighted by Crippen LogP contribution is -2.02. The van der Waals surface area contributed by atoms with Gasteiger partial charge in [-0.1, -0.05) is 23.7 Å². The third-order valence-corrected chi connectivity index (χ3v) is 3.19. The van der Waals surface area contributed by atoms with Crippen molar-refractivity contribution in [2.45, 2.75) is 6.54 Å². The first kappa shape index (κ1) is 14.1. The second kappa shape index (κ2) is 6.25. The van der Waals surface area contributed by atoms with Crippen LogP contribution in [0.1, 0.15) is 5.56 Å². The number of benzene rings is 2. The molecule has 2 aromatic carbocycles. The normalized spacial score (nSPS) is 10.1. The standard InChI is InChI=1S/C14H13ClN2O3/c1-20-14-5-3-2-4-13(14)16-9-10-8-11(17(18)19)6-7-12(10)15/h2-8,16H,9H2,1H3. The van der Waals surface area contributed by atoms with Crippen molar-refractivity contribution in [1.82, 2.24) is 0 Å². The van der Waals surface area contributed by atoms with E-state index in [2.05, 4.69) is 5.32 Å². The van der Waals surface area contributed by atoms with E-state index in [4.69, 9.17) is 16.3 Å². The number of ether oxygens (including phenoxy) is 1. The summed E-state index contributed by atoms with van der Waals surface area (Å²) in [7, 11) is 1.58. The van der Waals surface area contributed by atoms with Crippen LogP contribution in [0, 0.1) is 10.1 Å². The predicted octanol–water partition coefficient (Wildman–Crippen LogP) is 3.87. The van der Waals surface area contributed by atoms with Crippen molar-refractivity contribution in [3.8, 4) is 5.75 Å². The topological polar surface area (TPSA) is 64.4 Å². The van der Waals surface area contributed by atoms with E-state index in [0.717, 1.165) is 5.69 Å². The number of halogens is 1. The largest absolute Gasteiger partial charge is 0.495 e. The molecule has 0 saturated heterocycles. The van der Waals surface area contributed by atoms with Crippen molar-refractivity contribution in [2.75, 3.05) is 12.4 Å². The number of hydrogen-bond donors (Lipinski definition) is 1. The van der Waals surface area contributed by atoms with Gasteiger partial charge in [0.05, 0.1) is 17.7 Å². The van der Waals surface area contributed by atoms with Gasteiger partial charge in [0.1, 0.15) is 5.75 Å². The summed E-state index contributed by atoms with van der Waals surface area (Å²) in [5, 5.41) is 14.4. The minimum atomic E-state index is -0.442. The highest BCUT2D eigenvalue weighted by atomic mass is 35.5. The molecule has 2 aromatic rings. The van der Waals surface area contributed by atoms with Gasteiger partial charge in [-0.25, -0.2) is 0 Å². The van der Waals surface area contributed by atoms with Gasteiger partial charge >= 0.3 is 0 Å². The van der Waals surface area contributed by atoms with Crippen molar-refractivity contribution in [3.63, 3.8) is 0 Å². The Morgan fingerprint density at radius 3 is 2.75 bits per heavy atom. The third kappa shape index (κ3) is 3.19. The van der Waals surface area contributed by atoms with E-state index in [1.807, 2.05) is 24.3 Å². The Morgan fingerprint density at radius 2 is 2.05 bits per heavy atom. The molecule has 0 aliphatic heterocycles. The fraction of sp³-hybridized carbons (Fsp3) is 0.143. The summed E-state index contributed by atoms with van der Waals surface area (Å²) in [6.07, 6.45) is 0. The van der Waals surface area contributed by atoms with Gasteiger partial charge in [-0.3, -0.25) is 10.1 Å². The molecule has 0 aromatic heterocycles. The van der Waals surface area contributed by atoms with Crippen molar-refractivity contribution in [1.29, 1.82) is 0 Å². The zero-order chi connectivity index (χ0) is 14.5. The molecule has 0 amide bonds. The van der Waals surface area contributed by atoms with E-state index in [9.17, 15) is 10.1 Å². The van der Waals surface area contributed by atoms with E-state index < -0.39 is 4.92 Å². The van der Waals surface area contributed by atoms with Gasteiger partial charge in [0, 0.05) is 23.7 Å². The molecular weight excluding hydrogens is 280 g/mol. The molecule has 0 fully saturated rings. The van der Waals surface area contributed by atoms with Crippen LogP contribution in [0.2, 0.25) is 5.02 Å². The minimum Gasteiger partial charge on any atom is -0.495 e. The van der Waals surface area contributed by atoms with Crippen molar-refractivity contribution >= 4 is 23.0 Å². The number of hydrogen-bond acceptors (Lipinski definition) is 4. The zero-order valence-corrected chi connectivity index (χ0v) is 11.6. The highest BCUT2D eigenvalue weighted by Crippen LogP contribution is 2.26. The fourth-order valence-electron chi connectivity index (χ4n) is 1.79. The van der Waals surface area contributed by atoms with Crippen LogP contribution < -0.4 is 10.1 Å². The quantitative estimate of drug-likeness (QED) is 0.671. The zero-order valence-electron chi connectivity index (χ0n) is 10.8. The average Bonchev–Trinajstić information content (AvgIpc) is 2.46. The Kier molecular flexibility index (Phi) is 4.42. The predicted molar refractivity (Wildman–Crippen MR) is 78.4 cm³/mol. The van der Waals surface area contributed by atoms with E-state index >= 15 is 0 Å². The molecule has 6 heteroatoms. The number of non-ortho nitro benzene ring substituents is 1. The van der Waals surface area contributed by atoms with Crippen LogP contribution in [-0.2, 0) is 6.54 Å². The maximum atomic E-state index is 10.8. The summed E-state index contributed by atoms with van der Waals surface area (Å²) in [5.41, 5.74) is 1.48. The molecule has 0 aliphatic rings. The van der Waals surface area contributed by atoms with Gasteiger partial charge in [-0.2, -0.15) is 0 Å². The number of rotatable bonds is 5. The molecule has 0 radical (unpaired) electrons. The molecule has 0 atom stereocenters. The summed E-state index contributed by atoms with van der Waals surface area (Å²) >= 11 is 6.05. The molecule has 0 unspecified atom stereocenters. The van der Waals surface area contributed by atoms with Gasteiger partial charge in [-0.15, -0.1) is 0 Å². The molecule has 1 N–H and O–H groups in total. The first-order chi connectivity index (χ1) is 9.61. The first-order valence-electron chi connectivity index (χ1n) is 5.91. The molecule has 0 heterocycles. The molecule has 0 spiro atoms. The smallest absolute Gasteiger partial charge is 0.269 e. The minimum absolute atomic E-state index is 0.0197. The van der Waals surface area contributed by atoms with Crippen molar-refractivity contribution < 1.29 is 9.66 Å². The Balaban J connectivity index is 2.18. The van der Waals surface area contributed by atoms with Gasteiger partial charge < -0.3 is 10.1 Å². The Labute approximate surface area is 121 Å². The lowest BCUT2D eigenvalue weighted by atomic mass is 10.2. The van der Waals surface area contributed by atoms with E-state index in [1.165, 1.54) is 18.2 Å². The monoisotopic (exact) mass is 292 g/mol. The second-order valence-electron chi connectivity index (χ2n) is 4.09. The summed E-state index contributed by atoms with van der Waals surface area (Å²) in [4.78, 5) is 10.3. The summed E-state index contributed by atoms with van der Waals surface area (Å²) < 4.78 is 5.22. The highest BCUT2D eigenvalue weighted by molar-refractivity contribution is 6.31. The summed E-state index contributed by atoms with van der Waals surface area (Å²) in [6.45, 7) is 0.376. The van der Waals surface area contributed by atoms with Crippen molar-refractivity contribution in [3.05, 3.63) is 63.2 Å². The van der Waals surface area contributed by atoms with Crippen molar-refractivity contribution in [2.24, 2.45) is 0 Å². The molecule has 5 nitrogen and oxygen atoms in total. The number of nitrogens with zero attached hydrogens (tertiary/aromatic N) is 1. The van der Waals surface area contributed by atoms with Gasteiger partial charge in [-0.05, 0) is 23.8 Å². The Bertz CT molecular complexity index is 632. The molecule has 104 valence electrons. The van der Waals surface area contributed by atoms with Crippen LogP contribution in [0.25, 0.3) is 0 Å². The molecule has 2 rings (SSSR count). The van der Waals surface area contributed by atoms with E-state index in [-0.39, 0.29) is 5.69 Å². The van der Waals surface area contributed by atoms with Crippen LogP contribution in [0.15, 0.2) is 42.5 Å². The number of methoxy groups -OCH3 is 1. The van der Waals surface area contributed by atoms with Crippen LogP contribution in [0.3, 0.4) is 0 Å². The van der Waals surface area contributed by atoms with Crippen LogP contribution in [-0.4, -0.2) is 12.0 Å². The second-order valence-corrected chi connectivity index (χ2v) is 4.49. The number of nitro benzene ring substituents is 1. The van der Waals surface area contributed by atoms with E-state index in [1.54, 1.807) is 7.11 Å². The van der Waals surface area contributed by atoms with Crippen LogP contribution >= 0.6 is 11.6 Å². The lowest BCUT2D eigenvalue weighted by Gasteiger charge is -2.11. The molecule has 20 heavy (non-hydrogen) atoms. The average molecular weight is 293 g/mol. The number of anilines is 1. The molecule has 0 saturated carbocycles. The number of nitro groups is 1. The molecule has 0 bridgehead atoms. The van der Waals surface area contributed by atoms with Crippen LogP contribution in [0.4, 0.5) is 11.4 Å². The number of para-hydroxylation sites is 2. The SMILES string of the molecule is COc1ccccc1NCc1cc([N+](=O)[O-])ccc1Cl. The van der Waals surface area contributed by atoms with Gasteiger partial charge in [0.2, 0.25) is 0 Å². The maximum Gasteiger partial charge on any atom is 0.269 e. The maximum absolute atomic E-state index is 10.8. The lowest BCUT2D eigenvalue weighted by molar-refractivity contribution is -0.384. The Morgan fingerprint density at radius 1 is 1.30 bits per heavy atom. The highest BCUT2D eigenvalue weighted by Gasteiger charge is 2.10. The summed E-state index contributed by atoms with van der Waals surface area (Å²) in [6, 6.07) is 11.8. The van der Waals surface area contributed by atoms with Crippen LogP contribution in [0.5, 0.6) is 5.75 Å². The van der Waals surface area contributed by atoms with Gasteiger partial charge in [0.25, 0.3) is 5.69 Å². The first-order valence-corrected chi connectivity index (χ1v) is 6.29. The molecule has 0 aliphatic carbocycles. The third-order valence-electron chi connectivity index (χ3n) is 2.82. The molecular formula is C14H13ClN2O3. The fourth-order valence-corrected chi connectivity index (χ4v) is 1.98. The van der Waals surface area contributed by atoms with Gasteiger partial charge in [0.15, 0.2) is 0 Å². The number of nitrogens with one attached hydrogen (secondary N) is 1. The Hall–Kier alpha value is -2.27. The summed E-state index contributed by atoms with van der Waals surface area (Å²) in [5.74, 6) is 0.703. The van der Waals surface area contributed by atoms with E-state index in [0.29, 0.717) is 22.9 Å².